The molecule has 18 heavy (non-hydrogen) atoms. The number of carbonyl (C=O) groups is 1. The van der Waals surface area contributed by atoms with Gasteiger partial charge in [0.1, 0.15) is 0 Å². The molecule has 0 aliphatic carbocycles. The number of aliphatic hydroxyl groups is 1. The zero-order valence-corrected chi connectivity index (χ0v) is 11.3. The van der Waals surface area contributed by atoms with E-state index in [-0.39, 0.29) is 18.4 Å². The Morgan fingerprint density at radius 2 is 1.94 bits per heavy atom. The highest BCUT2D eigenvalue weighted by molar-refractivity contribution is 5.92. The van der Waals surface area contributed by atoms with Crippen molar-refractivity contribution >= 4 is 11.6 Å². The van der Waals surface area contributed by atoms with E-state index in [1.807, 2.05) is 24.3 Å². The van der Waals surface area contributed by atoms with E-state index < -0.39 is 0 Å². The number of carbonyl (C=O) groups excluding carboxylic acids is 1. The molecule has 0 fully saturated rings. The predicted octanol–water partition coefficient (Wildman–Crippen LogP) is 3.33. The van der Waals surface area contributed by atoms with Gasteiger partial charge >= 0.3 is 0 Å². The lowest BCUT2D eigenvalue weighted by Crippen LogP contribution is -2.22. The predicted molar refractivity (Wildman–Crippen MR) is 74.3 cm³/mol. The topological polar surface area (TPSA) is 49.3 Å². The summed E-state index contributed by atoms with van der Waals surface area (Å²) in [5.41, 5.74) is 1.65. The van der Waals surface area contributed by atoms with Crippen molar-refractivity contribution in [3.05, 3.63) is 29.8 Å². The number of aliphatic hydroxyl groups excluding tert-OH is 1. The van der Waals surface area contributed by atoms with E-state index in [0.717, 1.165) is 36.9 Å². The molecule has 1 amide bonds. The van der Waals surface area contributed by atoms with Gasteiger partial charge < -0.3 is 10.4 Å². The van der Waals surface area contributed by atoms with E-state index in [1.165, 1.54) is 0 Å². The zero-order valence-electron chi connectivity index (χ0n) is 11.3. The van der Waals surface area contributed by atoms with E-state index in [9.17, 15) is 4.79 Å². The molecule has 1 aromatic carbocycles. The van der Waals surface area contributed by atoms with Gasteiger partial charge in [-0.3, -0.25) is 4.79 Å². The van der Waals surface area contributed by atoms with Crippen LogP contribution >= 0.6 is 0 Å². The molecule has 0 spiro atoms. The van der Waals surface area contributed by atoms with Crippen LogP contribution in [0.2, 0.25) is 0 Å². The Hall–Kier alpha value is -1.35. The van der Waals surface area contributed by atoms with Gasteiger partial charge in [0.15, 0.2) is 0 Å². The minimum absolute atomic E-state index is 0.0301. The fourth-order valence-electron chi connectivity index (χ4n) is 1.91. The summed E-state index contributed by atoms with van der Waals surface area (Å²) in [6.07, 6.45) is 4.04. The first-order valence-electron chi connectivity index (χ1n) is 6.71. The third kappa shape index (κ3) is 4.49. The molecule has 1 unspecified atom stereocenters. The third-order valence-electron chi connectivity index (χ3n) is 3.17. The molecule has 0 saturated carbocycles. The van der Waals surface area contributed by atoms with E-state index >= 15 is 0 Å². The number of amides is 1. The molecular formula is C15H23NO2. The van der Waals surface area contributed by atoms with Crippen LogP contribution in [0.4, 0.5) is 5.69 Å². The maximum absolute atomic E-state index is 12.0. The van der Waals surface area contributed by atoms with Gasteiger partial charge in [0.2, 0.25) is 5.91 Å². The molecule has 3 nitrogen and oxygen atoms in total. The largest absolute Gasteiger partial charge is 0.392 e. The van der Waals surface area contributed by atoms with Crippen LogP contribution in [0.15, 0.2) is 24.3 Å². The van der Waals surface area contributed by atoms with Crippen LogP contribution in [0, 0.1) is 5.92 Å². The molecule has 0 aliphatic heterocycles. The van der Waals surface area contributed by atoms with Crippen LogP contribution in [0.5, 0.6) is 0 Å². The smallest absolute Gasteiger partial charge is 0.227 e. The molecule has 1 rings (SSSR count). The van der Waals surface area contributed by atoms with Crippen LogP contribution in [0.25, 0.3) is 0 Å². The maximum atomic E-state index is 12.0. The van der Waals surface area contributed by atoms with Gasteiger partial charge in [0.05, 0.1) is 6.61 Å². The number of benzene rings is 1. The first-order chi connectivity index (χ1) is 8.71. The summed E-state index contributed by atoms with van der Waals surface area (Å²) in [5.74, 6) is 0.199. The Labute approximate surface area is 109 Å². The van der Waals surface area contributed by atoms with Crippen molar-refractivity contribution in [2.75, 3.05) is 5.32 Å². The number of rotatable bonds is 7. The molecule has 3 heteroatoms. The highest BCUT2D eigenvalue weighted by atomic mass is 16.3. The third-order valence-corrected chi connectivity index (χ3v) is 3.17. The monoisotopic (exact) mass is 249 g/mol. The molecule has 100 valence electrons. The molecule has 0 saturated heterocycles. The SMILES string of the molecule is CCCCC(CC)C(=O)Nc1ccc(CO)cc1. The summed E-state index contributed by atoms with van der Waals surface area (Å²) < 4.78 is 0. The van der Waals surface area contributed by atoms with Gasteiger partial charge in [-0.2, -0.15) is 0 Å². The zero-order chi connectivity index (χ0) is 13.4. The molecule has 1 aromatic rings. The Morgan fingerprint density at radius 1 is 1.28 bits per heavy atom. The summed E-state index contributed by atoms with van der Waals surface area (Å²) in [6.45, 7) is 4.22. The van der Waals surface area contributed by atoms with Gasteiger partial charge in [-0.1, -0.05) is 38.8 Å². The lowest BCUT2D eigenvalue weighted by Gasteiger charge is -2.14. The number of nitrogens with one attached hydrogen (secondary N) is 1. The van der Waals surface area contributed by atoms with Crippen LogP contribution < -0.4 is 5.32 Å². The van der Waals surface area contributed by atoms with Crippen molar-refractivity contribution in [2.24, 2.45) is 5.92 Å². The molecule has 0 heterocycles. The number of unbranched alkanes of at least 4 members (excludes halogenated alkanes) is 1. The van der Waals surface area contributed by atoms with Crippen LogP contribution in [0.1, 0.15) is 45.1 Å². The number of hydrogen-bond acceptors (Lipinski definition) is 2. The average molecular weight is 249 g/mol. The van der Waals surface area contributed by atoms with Crippen LogP contribution in [-0.4, -0.2) is 11.0 Å². The lowest BCUT2D eigenvalue weighted by molar-refractivity contribution is -0.120. The second kappa shape index (κ2) is 7.88. The highest BCUT2D eigenvalue weighted by Crippen LogP contribution is 2.16. The van der Waals surface area contributed by atoms with Crippen molar-refractivity contribution in [1.82, 2.24) is 0 Å². The summed E-state index contributed by atoms with van der Waals surface area (Å²) in [7, 11) is 0. The Kier molecular flexibility index (Phi) is 6.44. The van der Waals surface area contributed by atoms with Gasteiger partial charge in [-0.05, 0) is 30.5 Å². The average Bonchev–Trinajstić information content (AvgIpc) is 2.40. The van der Waals surface area contributed by atoms with Gasteiger partial charge in [-0.15, -0.1) is 0 Å². The summed E-state index contributed by atoms with van der Waals surface area (Å²) in [4.78, 5) is 12.0. The van der Waals surface area contributed by atoms with Crippen molar-refractivity contribution in [3.8, 4) is 0 Å². The van der Waals surface area contributed by atoms with Crippen molar-refractivity contribution in [1.29, 1.82) is 0 Å². The quantitative estimate of drug-likeness (QED) is 0.778. The van der Waals surface area contributed by atoms with Crippen molar-refractivity contribution in [2.45, 2.75) is 46.1 Å². The van der Waals surface area contributed by atoms with Crippen LogP contribution in [-0.2, 0) is 11.4 Å². The van der Waals surface area contributed by atoms with E-state index in [0.29, 0.717) is 0 Å². The molecule has 0 aliphatic rings. The van der Waals surface area contributed by atoms with Gasteiger partial charge in [0.25, 0.3) is 0 Å². The molecule has 2 N–H and O–H groups in total. The lowest BCUT2D eigenvalue weighted by atomic mass is 9.98. The van der Waals surface area contributed by atoms with Crippen molar-refractivity contribution < 1.29 is 9.90 Å². The summed E-state index contributed by atoms with van der Waals surface area (Å²) >= 11 is 0. The van der Waals surface area contributed by atoms with E-state index in [4.69, 9.17) is 5.11 Å². The second-order valence-electron chi connectivity index (χ2n) is 4.59. The fraction of sp³-hybridized carbons (Fsp3) is 0.533. The highest BCUT2D eigenvalue weighted by Gasteiger charge is 2.15. The molecule has 0 radical (unpaired) electrons. The molecular weight excluding hydrogens is 226 g/mol. The van der Waals surface area contributed by atoms with E-state index in [1.54, 1.807) is 0 Å². The fourth-order valence-corrected chi connectivity index (χ4v) is 1.91. The maximum Gasteiger partial charge on any atom is 0.227 e. The standard InChI is InChI=1S/C15H23NO2/c1-3-5-6-13(4-2)15(18)16-14-9-7-12(11-17)8-10-14/h7-10,13,17H,3-6,11H2,1-2H3,(H,16,18). The number of hydrogen-bond donors (Lipinski definition) is 2. The Bertz CT molecular complexity index is 359. The molecule has 1 atom stereocenters. The normalized spacial score (nSPS) is 12.2. The molecule has 0 bridgehead atoms. The van der Waals surface area contributed by atoms with Crippen molar-refractivity contribution in [3.63, 3.8) is 0 Å². The second-order valence-corrected chi connectivity index (χ2v) is 4.59. The number of anilines is 1. The molecule has 0 aromatic heterocycles. The minimum Gasteiger partial charge on any atom is -0.392 e. The van der Waals surface area contributed by atoms with Gasteiger partial charge in [-0.25, -0.2) is 0 Å². The Morgan fingerprint density at radius 3 is 2.44 bits per heavy atom. The van der Waals surface area contributed by atoms with Gasteiger partial charge in [0, 0.05) is 11.6 Å². The minimum atomic E-state index is 0.0301. The van der Waals surface area contributed by atoms with Crippen LogP contribution in [0.3, 0.4) is 0 Å². The first kappa shape index (κ1) is 14.7. The summed E-state index contributed by atoms with van der Waals surface area (Å²) in [5, 5.41) is 11.9. The van der Waals surface area contributed by atoms with E-state index in [2.05, 4.69) is 19.2 Å². The Balaban J connectivity index is 2.55. The first-order valence-corrected chi connectivity index (χ1v) is 6.71. The summed E-state index contributed by atoms with van der Waals surface area (Å²) in [6, 6.07) is 7.30.